The molecule has 0 saturated carbocycles. The third-order valence-electron chi connectivity index (χ3n) is 3.58. The largest absolute Gasteiger partial charge is 0.330 e. The number of hydrogen-bond acceptors (Lipinski definition) is 4. The number of nitrogens with zero attached hydrogens (tertiary/aromatic N) is 1. The van der Waals surface area contributed by atoms with E-state index in [9.17, 15) is 14.4 Å². The minimum Gasteiger partial charge on any atom is -0.330 e. The number of benzene rings is 1. The molecular formula is C16H19N3O3. The van der Waals surface area contributed by atoms with E-state index in [2.05, 4.69) is 5.32 Å². The molecule has 1 heterocycles. The van der Waals surface area contributed by atoms with E-state index in [1.54, 1.807) is 31.3 Å². The summed E-state index contributed by atoms with van der Waals surface area (Å²) < 4.78 is 0. The summed E-state index contributed by atoms with van der Waals surface area (Å²) in [5.74, 6) is -0.972. The third-order valence-corrected chi connectivity index (χ3v) is 3.58. The van der Waals surface area contributed by atoms with Gasteiger partial charge in [0.05, 0.1) is 0 Å². The molecule has 1 aromatic carbocycles. The van der Waals surface area contributed by atoms with Crippen LogP contribution in [0.2, 0.25) is 0 Å². The van der Waals surface area contributed by atoms with Gasteiger partial charge < -0.3 is 10.6 Å². The van der Waals surface area contributed by atoms with E-state index in [0.29, 0.717) is 18.5 Å². The van der Waals surface area contributed by atoms with Gasteiger partial charge in [-0.05, 0) is 24.1 Å². The number of rotatable bonds is 4. The van der Waals surface area contributed by atoms with Crippen molar-refractivity contribution in [3.63, 3.8) is 0 Å². The van der Waals surface area contributed by atoms with Gasteiger partial charge in [-0.25, -0.2) is 0 Å². The highest BCUT2D eigenvalue weighted by Gasteiger charge is 2.32. The number of carbonyl (C=O) groups is 3. The molecule has 0 radical (unpaired) electrons. The fraction of sp³-hybridized carbons (Fsp3) is 0.312. The van der Waals surface area contributed by atoms with E-state index in [1.807, 2.05) is 12.1 Å². The Morgan fingerprint density at radius 1 is 1.45 bits per heavy atom. The van der Waals surface area contributed by atoms with E-state index in [-0.39, 0.29) is 18.2 Å². The number of amides is 3. The van der Waals surface area contributed by atoms with Crippen LogP contribution in [-0.2, 0) is 9.59 Å². The lowest BCUT2D eigenvalue weighted by Gasteiger charge is -2.29. The Hall–Kier alpha value is -2.47. The lowest BCUT2D eigenvalue weighted by Crippen LogP contribution is -2.52. The molecule has 22 heavy (non-hydrogen) atoms. The highest BCUT2D eigenvalue weighted by atomic mass is 16.2. The number of hydrogen-bond donors (Lipinski definition) is 2. The van der Waals surface area contributed by atoms with Crippen LogP contribution in [-0.4, -0.2) is 42.3 Å². The maximum Gasteiger partial charge on any atom is 0.254 e. The molecule has 0 spiro atoms. The Bertz CT molecular complexity index is 625. The molecule has 2 rings (SSSR count). The Labute approximate surface area is 129 Å². The fourth-order valence-electron chi connectivity index (χ4n) is 2.38. The van der Waals surface area contributed by atoms with Crippen molar-refractivity contribution in [1.82, 2.24) is 10.2 Å². The molecule has 1 atom stereocenters. The molecule has 1 aliphatic heterocycles. The van der Waals surface area contributed by atoms with Crippen molar-refractivity contribution in [2.45, 2.75) is 18.9 Å². The zero-order valence-corrected chi connectivity index (χ0v) is 12.4. The zero-order valence-electron chi connectivity index (χ0n) is 12.4. The first-order chi connectivity index (χ1) is 10.5. The van der Waals surface area contributed by atoms with Crippen molar-refractivity contribution in [2.75, 3.05) is 13.6 Å². The molecule has 0 aromatic heterocycles. The van der Waals surface area contributed by atoms with Crippen molar-refractivity contribution in [1.29, 1.82) is 0 Å². The summed E-state index contributed by atoms with van der Waals surface area (Å²) >= 11 is 0. The zero-order chi connectivity index (χ0) is 16.1. The molecule has 0 bridgehead atoms. The Morgan fingerprint density at radius 3 is 2.91 bits per heavy atom. The number of carbonyl (C=O) groups excluding carboxylic acids is 3. The number of likely N-dealkylation sites (N-methyl/N-ethyl adjacent to an activating group) is 1. The van der Waals surface area contributed by atoms with Crippen LogP contribution >= 0.6 is 0 Å². The predicted molar refractivity (Wildman–Crippen MR) is 82.8 cm³/mol. The molecule has 116 valence electrons. The number of nitrogens with one attached hydrogen (secondary N) is 1. The van der Waals surface area contributed by atoms with Crippen molar-refractivity contribution in [3.05, 3.63) is 41.5 Å². The van der Waals surface area contributed by atoms with Crippen LogP contribution in [0.15, 0.2) is 30.3 Å². The van der Waals surface area contributed by atoms with Gasteiger partial charge in [0.25, 0.3) is 5.91 Å². The lowest BCUT2D eigenvalue weighted by atomic mass is 10.0. The van der Waals surface area contributed by atoms with Gasteiger partial charge in [0, 0.05) is 25.6 Å². The molecule has 0 aliphatic carbocycles. The van der Waals surface area contributed by atoms with Crippen molar-refractivity contribution < 1.29 is 14.4 Å². The Kier molecular flexibility index (Phi) is 5.06. The highest BCUT2D eigenvalue weighted by Crippen LogP contribution is 2.15. The summed E-state index contributed by atoms with van der Waals surface area (Å²) in [6, 6.07) is 6.48. The molecule has 1 aliphatic rings. The second kappa shape index (κ2) is 7.00. The van der Waals surface area contributed by atoms with Crippen molar-refractivity contribution >= 4 is 23.8 Å². The number of piperidine rings is 1. The molecule has 6 heteroatoms. The van der Waals surface area contributed by atoms with E-state index >= 15 is 0 Å². The van der Waals surface area contributed by atoms with Gasteiger partial charge in [-0.2, -0.15) is 0 Å². The molecule has 1 unspecified atom stereocenters. The van der Waals surface area contributed by atoms with Crippen LogP contribution in [0.1, 0.15) is 28.8 Å². The normalized spacial score (nSPS) is 18.4. The molecule has 3 amide bonds. The van der Waals surface area contributed by atoms with Crippen molar-refractivity contribution in [3.8, 4) is 0 Å². The molecule has 1 fully saturated rings. The van der Waals surface area contributed by atoms with Crippen LogP contribution in [0.25, 0.3) is 6.08 Å². The maximum atomic E-state index is 12.5. The summed E-state index contributed by atoms with van der Waals surface area (Å²) in [5.41, 5.74) is 6.77. The lowest BCUT2D eigenvalue weighted by molar-refractivity contribution is -0.136. The van der Waals surface area contributed by atoms with Gasteiger partial charge >= 0.3 is 0 Å². The standard InChI is InChI=1S/C16H19N3O3/c1-19(13-7-8-14(20)18-15(13)21)16(22)12-6-2-4-11(10-12)5-3-9-17/h2-6,10,13H,7-9,17H2,1H3,(H,18,20,21)/b5-3+. The van der Waals surface area contributed by atoms with Crippen LogP contribution in [0, 0.1) is 0 Å². The van der Waals surface area contributed by atoms with E-state index in [4.69, 9.17) is 5.73 Å². The summed E-state index contributed by atoms with van der Waals surface area (Å²) in [6.45, 7) is 0.425. The van der Waals surface area contributed by atoms with Crippen molar-refractivity contribution in [2.24, 2.45) is 5.73 Å². The van der Waals surface area contributed by atoms with Gasteiger partial charge in [-0.3, -0.25) is 19.7 Å². The van der Waals surface area contributed by atoms with Gasteiger partial charge in [-0.15, -0.1) is 0 Å². The highest BCUT2D eigenvalue weighted by molar-refractivity contribution is 6.03. The molecule has 3 N–H and O–H groups in total. The minimum atomic E-state index is -0.617. The first-order valence-corrected chi connectivity index (χ1v) is 7.10. The van der Waals surface area contributed by atoms with Gasteiger partial charge in [0.15, 0.2) is 0 Å². The topological polar surface area (TPSA) is 92.5 Å². The maximum absolute atomic E-state index is 12.5. The average Bonchev–Trinajstić information content (AvgIpc) is 2.52. The third kappa shape index (κ3) is 3.59. The van der Waals surface area contributed by atoms with Crippen LogP contribution in [0.3, 0.4) is 0 Å². The predicted octanol–water partition coefficient (Wildman–Crippen LogP) is 0.536. The second-order valence-corrected chi connectivity index (χ2v) is 5.15. The summed E-state index contributed by atoms with van der Waals surface area (Å²) in [7, 11) is 1.57. The van der Waals surface area contributed by atoms with Crippen LogP contribution < -0.4 is 11.1 Å². The fourth-order valence-corrected chi connectivity index (χ4v) is 2.38. The quantitative estimate of drug-likeness (QED) is 0.794. The first-order valence-electron chi connectivity index (χ1n) is 7.10. The van der Waals surface area contributed by atoms with Gasteiger partial charge in [0.1, 0.15) is 6.04 Å². The summed E-state index contributed by atoms with van der Waals surface area (Å²) in [6.07, 6.45) is 4.23. The summed E-state index contributed by atoms with van der Waals surface area (Å²) in [4.78, 5) is 36.9. The van der Waals surface area contributed by atoms with Crippen LogP contribution in [0.5, 0.6) is 0 Å². The molecular weight excluding hydrogens is 282 g/mol. The monoisotopic (exact) mass is 301 g/mol. The smallest absolute Gasteiger partial charge is 0.254 e. The Balaban J connectivity index is 2.15. The SMILES string of the molecule is CN(C(=O)c1cccc(/C=C/CN)c1)C1CCC(=O)NC1=O. The van der Waals surface area contributed by atoms with Gasteiger partial charge in [0.2, 0.25) is 11.8 Å². The van der Waals surface area contributed by atoms with E-state index < -0.39 is 11.9 Å². The average molecular weight is 301 g/mol. The van der Waals surface area contributed by atoms with Gasteiger partial charge in [-0.1, -0.05) is 24.3 Å². The minimum absolute atomic E-state index is 0.243. The number of nitrogens with two attached hydrogens (primary N) is 1. The molecule has 1 aromatic rings. The van der Waals surface area contributed by atoms with E-state index in [0.717, 1.165) is 5.56 Å². The number of imide groups is 1. The Morgan fingerprint density at radius 2 is 2.23 bits per heavy atom. The van der Waals surface area contributed by atoms with Crippen LogP contribution in [0.4, 0.5) is 0 Å². The first kappa shape index (κ1) is 15.9. The van der Waals surface area contributed by atoms with E-state index in [1.165, 1.54) is 4.90 Å². The molecule has 1 saturated heterocycles. The summed E-state index contributed by atoms with van der Waals surface area (Å²) in [5, 5.41) is 2.26. The second-order valence-electron chi connectivity index (χ2n) is 5.15. The molecule has 6 nitrogen and oxygen atoms in total.